The van der Waals surface area contributed by atoms with E-state index in [-0.39, 0.29) is 5.97 Å². The molecule has 1 aromatic carbocycles. The Morgan fingerprint density at radius 3 is 2.72 bits per heavy atom. The first-order chi connectivity index (χ1) is 8.79. The largest absolute Gasteiger partial charge is 0.466 e. The van der Waals surface area contributed by atoms with Crippen LogP contribution in [0.15, 0.2) is 41.8 Å². The minimum absolute atomic E-state index is 0.118. The van der Waals surface area contributed by atoms with Gasteiger partial charge in [-0.15, -0.1) is 11.3 Å². The highest BCUT2D eigenvalue weighted by atomic mass is 32.1. The van der Waals surface area contributed by atoms with Crippen molar-refractivity contribution in [1.29, 1.82) is 0 Å². The molecule has 0 aliphatic carbocycles. The van der Waals surface area contributed by atoms with Crippen molar-refractivity contribution in [2.24, 2.45) is 0 Å². The maximum Gasteiger partial charge on any atom is 0.306 e. The van der Waals surface area contributed by atoms with Crippen molar-refractivity contribution in [3.8, 4) is 11.1 Å². The van der Waals surface area contributed by atoms with Gasteiger partial charge in [0.2, 0.25) is 0 Å². The van der Waals surface area contributed by atoms with Crippen LogP contribution in [0.1, 0.15) is 18.2 Å². The van der Waals surface area contributed by atoms with Crippen LogP contribution in [0.4, 0.5) is 0 Å². The lowest BCUT2D eigenvalue weighted by Gasteiger charge is -1.99. The van der Waals surface area contributed by atoms with E-state index in [2.05, 4.69) is 23.6 Å². The normalized spacial score (nSPS) is 10.3. The molecule has 2 aromatic rings. The average Bonchev–Trinajstić information content (AvgIpc) is 2.87. The van der Waals surface area contributed by atoms with Crippen LogP contribution in [0.25, 0.3) is 11.1 Å². The van der Waals surface area contributed by atoms with Gasteiger partial charge >= 0.3 is 5.97 Å². The van der Waals surface area contributed by atoms with Gasteiger partial charge in [0.05, 0.1) is 13.0 Å². The number of thiophene rings is 1. The van der Waals surface area contributed by atoms with E-state index >= 15 is 0 Å². The predicted octanol–water partition coefficient (Wildman–Crippen LogP) is 3.91. The highest BCUT2D eigenvalue weighted by Crippen LogP contribution is 2.26. The Morgan fingerprint density at radius 2 is 2.00 bits per heavy atom. The zero-order chi connectivity index (χ0) is 12.8. The van der Waals surface area contributed by atoms with Crippen molar-refractivity contribution in [2.45, 2.75) is 19.8 Å². The fourth-order valence-corrected chi connectivity index (χ4v) is 2.65. The second-order valence-corrected chi connectivity index (χ2v) is 4.97. The van der Waals surface area contributed by atoms with E-state index in [4.69, 9.17) is 4.74 Å². The molecule has 18 heavy (non-hydrogen) atoms. The third-order valence-electron chi connectivity index (χ3n) is 2.64. The highest BCUT2D eigenvalue weighted by molar-refractivity contribution is 7.10. The van der Waals surface area contributed by atoms with E-state index in [1.807, 2.05) is 25.1 Å². The maximum atomic E-state index is 11.3. The smallest absolute Gasteiger partial charge is 0.306 e. The van der Waals surface area contributed by atoms with Crippen molar-refractivity contribution in [3.63, 3.8) is 0 Å². The van der Waals surface area contributed by atoms with E-state index in [9.17, 15) is 4.79 Å². The summed E-state index contributed by atoms with van der Waals surface area (Å²) in [5, 5.41) is 2.13. The first-order valence-corrected chi connectivity index (χ1v) is 6.96. The van der Waals surface area contributed by atoms with E-state index < -0.39 is 0 Å². The molecule has 94 valence electrons. The number of benzene rings is 1. The molecule has 0 bridgehead atoms. The Hall–Kier alpha value is -1.61. The van der Waals surface area contributed by atoms with E-state index in [0.29, 0.717) is 13.0 Å². The van der Waals surface area contributed by atoms with E-state index in [0.717, 1.165) is 6.42 Å². The summed E-state index contributed by atoms with van der Waals surface area (Å²) >= 11 is 1.70. The third-order valence-corrected chi connectivity index (χ3v) is 3.64. The summed E-state index contributed by atoms with van der Waals surface area (Å²) in [5.41, 5.74) is 2.44. The van der Waals surface area contributed by atoms with Gasteiger partial charge in [0.25, 0.3) is 0 Å². The Morgan fingerprint density at radius 1 is 1.22 bits per heavy atom. The number of hydrogen-bond acceptors (Lipinski definition) is 3. The summed E-state index contributed by atoms with van der Waals surface area (Å²) in [4.78, 5) is 12.5. The van der Waals surface area contributed by atoms with E-state index in [1.165, 1.54) is 16.0 Å². The SMILES string of the molecule is CCOC(=O)CCc1cc(-c2ccccc2)cs1. The molecule has 0 fully saturated rings. The number of carbonyl (C=O) groups is 1. The Kier molecular flexibility index (Phi) is 4.53. The topological polar surface area (TPSA) is 26.3 Å². The number of rotatable bonds is 5. The molecule has 0 aliphatic rings. The van der Waals surface area contributed by atoms with Crippen molar-refractivity contribution in [2.75, 3.05) is 6.61 Å². The molecule has 0 aliphatic heterocycles. The summed E-state index contributed by atoms with van der Waals surface area (Å²) in [6.07, 6.45) is 1.22. The molecule has 0 atom stereocenters. The molecular weight excluding hydrogens is 244 g/mol. The third kappa shape index (κ3) is 3.44. The van der Waals surface area contributed by atoms with Crippen LogP contribution in [0.5, 0.6) is 0 Å². The maximum absolute atomic E-state index is 11.3. The van der Waals surface area contributed by atoms with Crippen LogP contribution >= 0.6 is 11.3 Å². The second kappa shape index (κ2) is 6.36. The quantitative estimate of drug-likeness (QED) is 0.762. The fourth-order valence-electron chi connectivity index (χ4n) is 1.75. The van der Waals surface area contributed by atoms with Gasteiger partial charge < -0.3 is 4.74 Å². The number of ether oxygens (including phenoxy) is 1. The highest BCUT2D eigenvalue weighted by Gasteiger charge is 2.06. The first-order valence-electron chi connectivity index (χ1n) is 6.08. The summed E-state index contributed by atoms with van der Waals surface area (Å²) < 4.78 is 4.92. The average molecular weight is 260 g/mol. The molecule has 0 N–H and O–H groups in total. The number of esters is 1. The molecule has 0 saturated heterocycles. The van der Waals surface area contributed by atoms with Gasteiger partial charge in [-0.1, -0.05) is 30.3 Å². The summed E-state index contributed by atoms with van der Waals surface area (Å²) in [7, 11) is 0. The molecule has 1 aromatic heterocycles. The van der Waals surface area contributed by atoms with Crippen LogP contribution in [-0.4, -0.2) is 12.6 Å². The van der Waals surface area contributed by atoms with Crippen LogP contribution in [0.2, 0.25) is 0 Å². The van der Waals surface area contributed by atoms with Gasteiger partial charge in [-0.25, -0.2) is 0 Å². The molecule has 0 radical (unpaired) electrons. The van der Waals surface area contributed by atoms with Gasteiger partial charge in [-0.2, -0.15) is 0 Å². The molecule has 0 spiro atoms. The molecule has 1 heterocycles. The molecule has 2 nitrogen and oxygen atoms in total. The monoisotopic (exact) mass is 260 g/mol. The summed E-state index contributed by atoms with van der Waals surface area (Å²) in [6.45, 7) is 2.29. The van der Waals surface area contributed by atoms with Crippen LogP contribution in [-0.2, 0) is 16.0 Å². The molecule has 0 unspecified atom stereocenters. The Labute approximate surface area is 111 Å². The zero-order valence-electron chi connectivity index (χ0n) is 10.4. The molecule has 3 heteroatoms. The number of aryl methyl sites for hydroxylation is 1. The molecular formula is C15H16O2S. The second-order valence-electron chi connectivity index (χ2n) is 3.97. The summed E-state index contributed by atoms with van der Waals surface area (Å²) in [5.74, 6) is -0.118. The lowest BCUT2D eigenvalue weighted by atomic mass is 10.1. The standard InChI is InChI=1S/C15H16O2S/c1-2-17-15(16)9-8-14-10-13(11-18-14)12-6-4-3-5-7-12/h3-7,10-11H,2,8-9H2,1H3. The fraction of sp³-hybridized carbons (Fsp3) is 0.267. The number of hydrogen-bond donors (Lipinski definition) is 0. The van der Waals surface area contributed by atoms with Crippen molar-refractivity contribution < 1.29 is 9.53 Å². The van der Waals surface area contributed by atoms with Gasteiger partial charge in [-0.05, 0) is 35.9 Å². The molecule has 0 amide bonds. The minimum atomic E-state index is -0.118. The van der Waals surface area contributed by atoms with Crippen molar-refractivity contribution >= 4 is 17.3 Å². The molecule has 2 rings (SSSR count). The van der Waals surface area contributed by atoms with Gasteiger partial charge in [0.1, 0.15) is 0 Å². The van der Waals surface area contributed by atoms with E-state index in [1.54, 1.807) is 11.3 Å². The Balaban J connectivity index is 1.97. The minimum Gasteiger partial charge on any atom is -0.466 e. The lowest BCUT2D eigenvalue weighted by Crippen LogP contribution is -2.04. The van der Waals surface area contributed by atoms with Gasteiger partial charge in [0, 0.05) is 4.88 Å². The van der Waals surface area contributed by atoms with Crippen LogP contribution in [0, 0.1) is 0 Å². The van der Waals surface area contributed by atoms with Gasteiger partial charge in [0.15, 0.2) is 0 Å². The first kappa shape index (κ1) is 12.8. The van der Waals surface area contributed by atoms with Crippen molar-refractivity contribution in [1.82, 2.24) is 0 Å². The van der Waals surface area contributed by atoms with Crippen LogP contribution < -0.4 is 0 Å². The predicted molar refractivity (Wildman–Crippen MR) is 74.7 cm³/mol. The van der Waals surface area contributed by atoms with Gasteiger partial charge in [-0.3, -0.25) is 4.79 Å². The van der Waals surface area contributed by atoms with Crippen LogP contribution in [0.3, 0.4) is 0 Å². The number of carbonyl (C=O) groups excluding carboxylic acids is 1. The summed E-state index contributed by atoms with van der Waals surface area (Å²) in [6, 6.07) is 12.4. The zero-order valence-corrected chi connectivity index (χ0v) is 11.2. The Bertz CT molecular complexity index is 502. The van der Waals surface area contributed by atoms with Crippen molar-refractivity contribution in [3.05, 3.63) is 46.7 Å². The lowest BCUT2D eigenvalue weighted by molar-refractivity contribution is -0.143. The molecule has 0 saturated carbocycles.